The van der Waals surface area contributed by atoms with Crippen LogP contribution in [0.5, 0.6) is 0 Å². The summed E-state index contributed by atoms with van der Waals surface area (Å²) < 4.78 is 8.14. The van der Waals surface area contributed by atoms with Crippen LogP contribution in [0.4, 0.5) is 0 Å². The second-order valence-corrected chi connectivity index (χ2v) is 7.35. The zero-order valence-electron chi connectivity index (χ0n) is 14.2. The maximum absolute atomic E-state index is 6.01. The van der Waals surface area contributed by atoms with Gasteiger partial charge in [-0.15, -0.1) is 0 Å². The molecule has 1 aromatic heterocycles. The molecule has 21 heavy (non-hydrogen) atoms. The van der Waals surface area contributed by atoms with Crippen LogP contribution in [0.15, 0.2) is 12.4 Å². The fourth-order valence-electron chi connectivity index (χ4n) is 2.99. The van der Waals surface area contributed by atoms with Gasteiger partial charge < -0.3 is 4.74 Å². The van der Waals surface area contributed by atoms with E-state index < -0.39 is 0 Å². The summed E-state index contributed by atoms with van der Waals surface area (Å²) >= 11 is 0. The molecule has 0 N–H and O–H groups in total. The van der Waals surface area contributed by atoms with Gasteiger partial charge in [-0.3, -0.25) is 4.68 Å². The van der Waals surface area contributed by atoms with Crippen LogP contribution in [0.2, 0.25) is 0 Å². The number of ether oxygens (including phenoxy) is 1. The monoisotopic (exact) mass is 292 g/mol. The minimum Gasteiger partial charge on any atom is -0.378 e. The average molecular weight is 292 g/mol. The van der Waals surface area contributed by atoms with E-state index >= 15 is 0 Å². The van der Waals surface area contributed by atoms with Crippen molar-refractivity contribution in [2.45, 2.75) is 78.4 Å². The van der Waals surface area contributed by atoms with Crippen LogP contribution in [0.1, 0.15) is 71.3 Å². The molecule has 1 fully saturated rings. The first-order valence-corrected chi connectivity index (χ1v) is 8.68. The van der Waals surface area contributed by atoms with Gasteiger partial charge in [-0.2, -0.15) is 5.10 Å². The summed E-state index contributed by atoms with van der Waals surface area (Å²) in [6, 6.07) is 0. The third kappa shape index (κ3) is 5.46. The van der Waals surface area contributed by atoms with Crippen LogP contribution >= 0.6 is 0 Å². The minimum absolute atomic E-state index is 0.504. The summed E-state index contributed by atoms with van der Waals surface area (Å²) in [5.41, 5.74) is 1.35. The molecule has 0 amide bonds. The molecule has 0 bridgehead atoms. The molecule has 0 saturated heterocycles. The van der Waals surface area contributed by atoms with Crippen LogP contribution in [-0.2, 0) is 11.3 Å². The van der Waals surface area contributed by atoms with Gasteiger partial charge in [-0.05, 0) is 55.4 Å². The van der Waals surface area contributed by atoms with Crippen molar-refractivity contribution < 1.29 is 4.74 Å². The van der Waals surface area contributed by atoms with E-state index in [1.54, 1.807) is 0 Å². The zero-order valence-corrected chi connectivity index (χ0v) is 14.2. The Morgan fingerprint density at radius 3 is 2.48 bits per heavy atom. The van der Waals surface area contributed by atoms with Gasteiger partial charge in [0.1, 0.15) is 0 Å². The van der Waals surface area contributed by atoms with Gasteiger partial charge in [0.2, 0.25) is 0 Å². The van der Waals surface area contributed by atoms with Crippen molar-refractivity contribution in [1.29, 1.82) is 0 Å². The fourth-order valence-corrected chi connectivity index (χ4v) is 2.99. The molecule has 1 heterocycles. The molecule has 0 unspecified atom stereocenters. The molecule has 0 atom stereocenters. The Morgan fingerprint density at radius 2 is 1.90 bits per heavy atom. The first-order valence-electron chi connectivity index (χ1n) is 8.68. The van der Waals surface area contributed by atoms with Gasteiger partial charge >= 0.3 is 0 Å². The van der Waals surface area contributed by atoms with Crippen LogP contribution < -0.4 is 0 Å². The molecule has 120 valence electrons. The highest BCUT2D eigenvalue weighted by atomic mass is 16.5. The molecule has 0 aromatic carbocycles. The highest BCUT2D eigenvalue weighted by molar-refractivity contribution is 5.08. The van der Waals surface area contributed by atoms with E-state index in [2.05, 4.69) is 43.7 Å². The lowest BCUT2D eigenvalue weighted by atomic mass is 9.87. The SMILES string of the molecule is CC(C)CCOC1CCC(Cn2cc(C(C)C)cn2)CC1. The Labute approximate surface area is 130 Å². The van der Waals surface area contributed by atoms with Crippen molar-refractivity contribution in [3.05, 3.63) is 18.0 Å². The van der Waals surface area contributed by atoms with Crippen LogP contribution in [-0.4, -0.2) is 22.5 Å². The van der Waals surface area contributed by atoms with E-state index in [1.165, 1.54) is 37.7 Å². The quantitative estimate of drug-likeness (QED) is 0.732. The van der Waals surface area contributed by atoms with Gasteiger partial charge in [-0.25, -0.2) is 0 Å². The lowest BCUT2D eigenvalue weighted by Crippen LogP contribution is -2.25. The first kappa shape index (κ1) is 16.5. The molecular weight excluding hydrogens is 260 g/mol. The third-order valence-electron chi connectivity index (χ3n) is 4.61. The number of nitrogens with zero attached hydrogens (tertiary/aromatic N) is 2. The molecule has 0 aliphatic heterocycles. The molecule has 3 heteroatoms. The Morgan fingerprint density at radius 1 is 1.19 bits per heavy atom. The average Bonchev–Trinajstić information content (AvgIpc) is 2.89. The highest BCUT2D eigenvalue weighted by Crippen LogP contribution is 2.28. The van der Waals surface area contributed by atoms with Crippen molar-refractivity contribution in [1.82, 2.24) is 9.78 Å². The molecule has 0 spiro atoms. The van der Waals surface area contributed by atoms with Gasteiger partial charge in [0.15, 0.2) is 0 Å². The molecule has 0 radical (unpaired) electrons. The minimum atomic E-state index is 0.504. The number of rotatable bonds is 7. The van der Waals surface area contributed by atoms with Gasteiger partial charge in [0.05, 0.1) is 12.3 Å². The Bertz CT molecular complexity index is 403. The normalized spacial score (nSPS) is 23.1. The molecular formula is C18H32N2O. The van der Waals surface area contributed by atoms with Gasteiger partial charge in [-0.1, -0.05) is 27.7 Å². The van der Waals surface area contributed by atoms with E-state index in [1.807, 2.05) is 6.20 Å². The standard InChI is InChI=1S/C18H32N2O/c1-14(2)9-10-21-18-7-5-16(6-8-18)12-20-13-17(11-19-20)15(3)4/h11,13-16,18H,5-10,12H2,1-4H3. The van der Waals surface area contributed by atoms with E-state index in [0.717, 1.165) is 25.0 Å². The van der Waals surface area contributed by atoms with Crippen LogP contribution in [0.3, 0.4) is 0 Å². The highest BCUT2D eigenvalue weighted by Gasteiger charge is 2.22. The summed E-state index contributed by atoms with van der Waals surface area (Å²) in [4.78, 5) is 0. The predicted octanol–water partition coefficient (Wildman–Crippen LogP) is 4.63. The fraction of sp³-hybridized carbons (Fsp3) is 0.833. The number of aromatic nitrogens is 2. The van der Waals surface area contributed by atoms with Crippen LogP contribution in [0, 0.1) is 11.8 Å². The zero-order chi connectivity index (χ0) is 15.2. The van der Waals surface area contributed by atoms with Crippen molar-refractivity contribution in [2.75, 3.05) is 6.61 Å². The second-order valence-electron chi connectivity index (χ2n) is 7.35. The smallest absolute Gasteiger partial charge is 0.0575 e. The number of hydrogen-bond acceptors (Lipinski definition) is 2. The van der Waals surface area contributed by atoms with Gasteiger partial charge in [0.25, 0.3) is 0 Å². The summed E-state index contributed by atoms with van der Waals surface area (Å²) in [5.74, 6) is 2.09. The largest absolute Gasteiger partial charge is 0.378 e. The Kier molecular flexibility index (Phi) is 6.28. The Balaban J connectivity index is 1.68. The second kappa shape index (κ2) is 7.98. The molecule has 1 aliphatic rings. The van der Waals surface area contributed by atoms with E-state index in [9.17, 15) is 0 Å². The van der Waals surface area contributed by atoms with Gasteiger partial charge in [0, 0.05) is 19.3 Å². The third-order valence-corrected chi connectivity index (χ3v) is 4.61. The lowest BCUT2D eigenvalue weighted by molar-refractivity contribution is 0.0112. The first-order chi connectivity index (χ1) is 10.0. The molecule has 1 saturated carbocycles. The number of hydrogen-bond donors (Lipinski definition) is 0. The predicted molar refractivity (Wildman–Crippen MR) is 87.5 cm³/mol. The maximum Gasteiger partial charge on any atom is 0.0575 e. The van der Waals surface area contributed by atoms with E-state index in [0.29, 0.717) is 12.0 Å². The van der Waals surface area contributed by atoms with E-state index in [4.69, 9.17) is 4.74 Å². The van der Waals surface area contributed by atoms with Crippen molar-refractivity contribution >= 4 is 0 Å². The molecule has 2 rings (SSSR count). The van der Waals surface area contributed by atoms with Crippen LogP contribution in [0.25, 0.3) is 0 Å². The summed E-state index contributed by atoms with van der Waals surface area (Å²) in [6.07, 6.45) is 10.9. The van der Waals surface area contributed by atoms with Crippen molar-refractivity contribution in [3.8, 4) is 0 Å². The molecule has 1 aromatic rings. The lowest BCUT2D eigenvalue weighted by Gasteiger charge is -2.28. The topological polar surface area (TPSA) is 27.1 Å². The van der Waals surface area contributed by atoms with Crippen molar-refractivity contribution in [2.24, 2.45) is 11.8 Å². The maximum atomic E-state index is 6.01. The summed E-state index contributed by atoms with van der Waals surface area (Å²) in [6.45, 7) is 11.0. The Hall–Kier alpha value is -0.830. The molecule has 1 aliphatic carbocycles. The summed E-state index contributed by atoms with van der Waals surface area (Å²) in [5, 5.41) is 4.50. The van der Waals surface area contributed by atoms with E-state index in [-0.39, 0.29) is 0 Å². The van der Waals surface area contributed by atoms with Crippen molar-refractivity contribution in [3.63, 3.8) is 0 Å². The molecule has 3 nitrogen and oxygen atoms in total. The summed E-state index contributed by atoms with van der Waals surface area (Å²) in [7, 11) is 0.